The van der Waals surface area contributed by atoms with Crippen molar-refractivity contribution >= 4 is 11.1 Å². The number of fused-ring (bicyclic) bond motifs is 1. The van der Waals surface area contributed by atoms with E-state index in [4.69, 9.17) is 4.42 Å². The zero-order valence-corrected chi connectivity index (χ0v) is 10.3. The van der Waals surface area contributed by atoms with Gasteiger partial charge in [-0.15, -0.1) is 0 Å². The average molecular weight is 239 g/mol. The Morgan fingerprint density at radius 1 is 1.11 bits per heavy atom. The fraction of sp³-hybridized carbons (Fsp3) is 0.133. The Hall–Kier alpha value is -2.13. The van der Waals surface area contributed by atoms with Gasteiger partial charge < -0.3 is 10.2 Å². The van der Waals surface area contributed by atoms with E-state index in [1.807, 2.05) is 30.3 Å². The van der Waals surface area contributed by atoms with Gasteiger partial charge in [0.15, 0.2) is 5.58 Å². The maximum atomic E-state index is 5.76. The fourth-order valence-electron chi connectivity index (χ4n) is 1.97. The Bertz CT molecular complexity index is 683. The predicted molar refractivity (Wildman–Crippen MR) is 70.8 cm³/mol. The molecule has 0 radical (unpaired) electrons. The first-order valence-electron chi connectivity index (χ1n) is 6.02. The van der Waals surface area contributed by atoms with Gasteiger partial charge in [0.2, 0.25) is 5.89 Å². The molecule has 2 aromatic carbocycles. The van der Waals surface area contributed by atoms with E-state index in [2.05, 4.69) is 29.8 Å². The van der Waals surface area contributed by atoms with Crippen molar-refractivity contribution in [1.29, 1.82) is 0 Å². The Kier molecular flexibility index (Phi) is 2.61. The molecule has 0 aliphatic heterocycles. The summed E-state index contributed by atoms with van der Waals surface area (Å²) in [5.41, 5.74) is 9.01. The summed E-state index contributed by atoms with van der Waals surface area (Å²) >= 11 is 0. The van der Waals surface area contributed by atoms with Crippen LogP contribution >= 0.6 is 0 Å². The second-order valence-corrected chi connectivity index (χ2v) is 4.44. The van der Waals surface area contributed by atoms with Crippen LogP contribution in [-0.4, -0.2) is 4.98 Å². The van der Waals surface area contributed by atoms with Gasteiger partial charge in [0.25, 0.3) is 0 Å². The van der Waals surface area contributed by atoms with Crippen molar-refractivity contribution in [3.8, 4) is 11.5 Å². The summed E-state index contributed by atoms with van der Waals surface area (Å²) in [5, 5.41) is 0. The summed E-state index contributed by atoms with van der Waals surface area (Å²) in [7, 11) is 0. The number of rotatable bonds is 2. The van der Waals surface area contributed by atoms with Crippen molar-refractivity contribution in [2.24, 2.45) is 0 Å². The van der Waals surface area contributed by atoms with Gasteiger partial charge in [-0.1, -0.05) is 18.2 Å². The third kappa shape index (κ3) is 1.89. The van der Waals surface area contributed by atoms with Gasteiger partial charge in [0.1, 0.15) is 5.52 Å². The minimum Gasteiger partial charge on any atom is -0.436 e. The lowest BCUT2D eigenvalue weighted by molar-refractivity contribution is -0.386. The first-order chi connectivity index (χ1) is 8.76. The van der Waals surface area contributed by atoms with Gasteiger partial charge in [0, 0.05) is 11.1 Å². The molecule has 0 amide bonds. The molecule has 1 heterocycles. The Labute approximate surface area is 105 Å². The molecule has 90 valence electrons. The van der Waals surface area contributed by atoms with Crippen LogP contribution in [-0.2, 0) is 6.54 Å². The van der Waals surface area contributed by atoms with Gasteiger partial charge in [-0.2, -0.15) is 0 Å². The number of hydrogen-bond acceptors (Lipinski definition) is 2. The lowest BCUT2D eigenvalue weighted by Gasteiger charge is -1.96. The summed E-state index contributed by atoms with van der Waals surface area (Å²) < 4.78 is 5.76. The van der Waals surface area contributed by atoms with Crippen LogP contribution in [0.4, 0.5) is 0 Å². The van der Waals surface area contributed by atoms with E-state index < -0.39 is 0 Å². The van der Waals surface area contributed by atoms with Gasteiger partial charge in [-0.25, -0.2) is 4.98 Å². The number of nitrogens with zero attached hydrogens (tertiary/aromatic N) is 1. The monoisotopic (exact) mass is 239 g/mol. The summed E-state index contributed by atoms with van der Waals surface area (Å²) in [6.45, 7) is 2.85. The van der Waals surface area contributed by atoms with Crippen molar-refractivity contribution < 1.29 is 10.2 Å². The zero-order valence-electron chi connectivity index (χ0n) is 10.3. The van der Waals surface area contributed by atoms with E-state index in [-0.39, 0.29) is 0 Å². The van der Waals surface area contributed by atoms with Gasteiger partial charge in [0.05, 0.1) is 6.54 Å². The highest BCUT2D eigenvalue weighted by molar-refractivity contribution is 5.76. The molecule has 3 heteroatoms. The molecule has 1 aromatic heterocycles. The number of benzene rings is 2. The lowest BCUT2D eigenvalue weighted by atomic mass is 10.1. The van der Waals surface area contributed by atoms with Gasteiger partial charge in [-0.3, -0.25) is 0 Å². The number of aromatic nitrogens is 1. The second-order valence-electron chi connectivity index (χ2n) is 4.44. The smallest absolute Gasteiger partial charge is 0.227 e. The average Bonchev–Trinajstić information content (AvgIpc) is 2.81. The topological polar surface area (TPSA) is 53.7 Å². The minimum atomic E-state index is 0.672. The Balaban J connectivity index is 2.07. The maximum absolute atomic E-state index is 5.76. The molecule has 3 aromatic rings. The Morgan fingerprint density at radius 3 is 2.61 bits per heavy atom. The molecular weight excluding hydrogens is 224 g/mol. The highest BCUT2D eigenvalue weighted by Crippen LogP contribution is 2.24. The molecule has 0 unspecified atom stereocenters. The van der Waals surface area contributed by atoms with Gasteiger partial charge >= 0.3 is 0 Å². The third-order valence-corrected chi connectivity index (χ3v) is 3.03. The molecule has 0 aliphatic rings. The lowest BCUT2D eigenvalue weighted by Crippen LogP contribution is -2.47. The van der Waals surface area contributed by atoms with Crippen LogP contribution in [0.1, 0.15) is 11.1 Å². The van der Waals surface area contributed by atoms with E-state index in [0.717, 1.165) is 23.2 Å². The maximum Gasteiger partial charge on any atom is 0.227 e. The second kappa shape index (κ2) is 4.27. The summed E-state index contributed by atoms with van der Waals surface area (Å²) in [6.07, 6.45) is 0. The van der Waals surface area contributed by atoms with Crippen LogP contribution in [0.3, 0.4) is 0 Å². The summed E-state index contributed by atoms with van der Waals surface area (Å²) in [6, 6.07) is 14.2. The van der Waals surface area contributed by atoms with Crippen molar-refractivity contribution in [3.05, 3.63) is 53.6 Å². The molecule has 0 aliphatic carbocycles. The summed E-state index contributed by atoms with van der Waals surface area (Å²) in [5.74, 6) is 0.672. The highest BCUT2D eigenvalue weighted by Gasteiger charge is 2.08. The molecule has 3 nitrogen and oxygen atoms in total. The number of aryl methyl sites for hydroxylation is 1. The molecule has 0 spiro atoms. The van der Waals surface area contributed by atoms with Crippen molar-refractivity contribution in [2.75, 3.05) is 0 Å². The molecule has 0 atom stereocenters. The van der Waals surface area contributed by atoms with E-state index in [9.17, 15) is 0 Å². The molecule has 0 saturated carbocycles. The quantitative estimate of drug-likeness (QED) is 0.747. The van der Waals surface area contributed by atoms with Crippen molar-refractivity contribution in [3.63, 3.8) is 0 Å². The van der Waals surface area contributed by atoms with E-state index in [1.54, 1.807) is 0 Å². The van der Waals surface area contributed by atoms with E-state index >= 15 is 0 Å². The first-order valence-corrected chi connectivity index (χ1v) is 6.02. The summed E-state index contributed by atoms with van der Waals surface area (Å²) in [4.78, 5) is 4.52. The van der Waals surface area contributed by atoms with Crippen LogP contribution < -0.4 is 5.73 Å². The number of hydrogen-bond donors (Lipinski definition) is 1. The highest BCUT2D eigenvalue weighted by atomic mass is 16.3. The minimum absolute atomic E-state index is 0.672. The Morgan fingerprint density at radius 2 is 1.89 bits per heavy atom. The molecule has 0 bridgehead atoms. The largest absolute Gasteiger partial charge is 0.436 e. The first kappa shape index (κ1) is 11.0. The van der Waals surface area contributed by atoms with Crippen molar-refractivity contribution in [1.82, 2.24) is 4.98 Å². The molecule has 3 rings (SSSR count). The molecule has 3 N–H and O–H groups in total. The molecule has 0 fully saturated rings. The number of quaternary nitrogens is 1. The molecular formula is C15H15N2O+. The van der Waals surface area contributed by atoms with E-state index in [0.29, 0.717) is 5.89 Å². The standard InChI is InChI=1S/C15H14N2O/c1-10-2-7-14-13(8-10)17-15(18-14)12-5-3-11(9-16)4-6-12/h2-8H,9,16H2,1H3/p+1. The third-order valence-electron chi connectivity index (χ3n) is 3.03. The molecule has 0 saturated heterocycles. The van der Waals surface area contributed by atoms with E-state index in [1.165, 1.54) is 11.1 Å². The van der Waals surface area contributed by atoms with Crippen LogP contribution in [0.15, 0.2) is 46.9 Å². The predicted octanol–water partition coefficient (Wildman–Crippen LogP) is 2.55. The van der Waals surface area contributed by atoms with Crippen LogP contribution in [0.25, 0.3) is 22.6 Å². The van der Waals surface area contributed by atoms with Crippen LogP contribution in [0.5, 0.6) is 0 Å². The fourth-order valence-corrected chi connectivity index (χ4v) is 1.97. The SMILES string of the molecule is Cc1ccc2oc(-c3ccc(C[NH3+])cc3)nc2c1. The van der Waals surface area contributed by atoms with Gasteiger partial charge in [-0.05, 0) is 36.8 Å². The van der Waals surface area contributed by atoms with Crippen LogP contribution in [0, 0.1) is 6.92 Å². The molecule has 18 heavy (non-hydrogen) atoms. The van der Waals surface area contributed by atoms with Crippen LogP contribution in [0.2, 0.25) is 0 Å². The normalized spacial score (nSPS) is 11.0. The number of oxazole rings is 1. The zero-order chi connectivity index (χ0) is 12.5. The van der Waals surface area contributed by atoms with Crippen molar-refractivity contribution in [2.45, 2.75) is 13.5 Å².